The highest BCUT2D eigenvalue weighted by molar-refractivity contribution is 5.96. The Labute approximate surface area is 120 Å². The Kier molecular flexibility index (Phi) is 3.79. The second-order valence-electron chi connectivity index (χ2n) is 6.39. The first-order valence-electron chi connectivity index (χ1n) is 7.74. The third-order valence-corrected chi connectivity index (χ3v) is 4.91. The number of fused-ring (bicyclic) bond motifs is 1. The Morgan fingerprint density at radius 1 is 1.25 bits per heavy atom. The molecule has 1 fully saturated rings. The molecule has 2 aliphatic rings. The van der Waals surface area contributed by atoms with Crippen molar-refractivity contribution in [2.75, 3.05) is 6.54 Å². The van der Waals surface area contributed by atoms with Gasteiger partial charge in [0.1, 0.15) is 0 Å². The van der Waals surface area contributed by atoms with Gasteiger partial charge in [0.15, 0.2) is 0 Å². The smallest absolute Gasteiger partial charge is 0.251 e. The van der Waals surface area contributed by atoms with Gasteiger partial charge >= 0.3 is 0 Å². The Hall–Kier alpha value is -1.35. The third-order valence-electron chi connectivity index (χ3n) is 4.91. The zero-order valence-corrected chi connectivity index (χ0v) is 12.1. The Bertz CT molecular complexity index is 504. The van der Waals surface area contributed by atoms with Crippen LogP contribution in [0.25, 0.3) is 0 Å². The van der Waals surface area contributed by atoms with Crippen molar-refractivity contribution in [3.05, 3.63) is 34.9 Å². The van der Waals surface area contributed by atoms with Crippen molar-refractivity contribution >= 4 is 5.91 Å². The number of carbonyl (C=O) groups excluding carboxylic acids is 1. The summed E-state index contributed by atoms with van der Waals surface area (Å²) in [6.45, 7) is 3.00. The maximum atomic E-state index is 11.9. The predicted octanol–water partition coefficient (Wildman–Crippen LogP) is 2.83. The molecule has 3 nitrogen and oxygen atoms in total. The third kappa shape index (κ3) is 2.59. The molecule has 0 saturated heterocycles. The summed E-state index contributed by atoms with van der Waals surface area (Å²) in [7, 11) is 0. The molecule has 1 amide bonds. The summed E-state index contributed by atoms with van der Waals surface area (Å²) < 4.78 is 0. The summed E-state index contributed by atoms with van der Waals surface area (Å²) >= 11 is 0. The van der Waals surface area contributed by atoms with E-state index in [4.69, 9.17) is 0 Å². The molecule has 2 N–H and O–H groups in total. The van der Waals surface area contributed by atoms with Gasteiger partial charge in [-0.2, -0.15) is 0 Å². The van der Waals surface area contributed by atoms with Crippen LogP contribution < -0.4 is 5.32 Å². The van der Waals surface area contributed by atoms with E-state index < -0.39 is 6.10 Å². The molecule has 1 atom stereocenters. The van der Waals surface area contributed by atoms with Gasteiger partial charge in [-0.1, -0.05) is 31.9 Å². The summed E-state index contributed by atoms with van der Waals surface area (Å²) in [6, 6.07) is 5.91. The van der Waals surface area contributed by atoms with E-state index in [1.165, 1.54) is 12.8 Å². The topological polar surface area (TPSA) is 49.3 Å². The number of hydrogen-bond donors (Lipinski definition) is 2. The molecule has 1 heterocycles. The standard InChI is InChI=1S/C17H23NO2/c1-11-2-4-13(5-3-11)16(19)14-7-6-12-8-9-18-17(20)15(12)10-14/h6-7,10-11,13,16,19H,2-5,8-9H2,1H3,(H,18,20). The number of aliphatic hydroxyl groups excluding tert-OH is 1. The minimum absolute atomic E-state index is 0.00225. The normalized spacial score (nSPS) is 27.6. The number of rotatable bonds is 2. The molecule has 3 heteroatoms. The van der Waals surface area contributed by atoms with Gasteiger partial charge in [-0.05, 0) is 48.3 Å². The highest BCUT2D eigenvalue weighted by Crippen LogP contribution is 2.37. The highest BCUT2D eigenvalue weighted by Gasteiger charge is 2.27. The second-order valence-corrected chi connectivity index (χ2v) is 6.39. The number of aliphatic hydroxyl groups is 1. The molecule has 0 bridgehead atoms. The van der Waals surface area contributed by atoms with Gasteiger partial charge in [0.05, 0.1) is 6.10 Å². The van der Waals surface area contributed by atoms with Crippen LogP contribution in [-0.2, 0) is 6.42 Å². The van der Waals surface area contributed by atoms with Crippen LogP contribution in [-0.4, -0.2) is 17.6 Å². The van der Waals surface area contributed by atoms with Gasteiger partial charge in [0.2, 0.25) is 0 Å². The Balaban J connectivity index is 1.80. The van der Waals surface area contributed by atoms with Crippen LogP contribution in [0.5, 0.6) is 0 Å². The molecule has 1 aromatic rings. The maximum Gasteiger partial charge on any atom is 0.251 e. The van der Waals surface area contributed by atoms with Gasteiger partial charge in [-0.3, -0.25) is 4.79 Å². The molecule has 1 unspecified atom stereocenters. The quantitative estimate of drug-likeness (QED) is 0.870. The first-order chi connectivity index (χ1) is 9.65. The van der Waals surface area contributed by atoms with E-state index in [-0.39, 0.29) is 5.91 Å². The number of nitrogens with one attached hydrogen (secondary N) is 1. The van der Waals surface area contributed by atoms with Crippen molar-refractivity contribution in [3.63, 3.8) is 0 Å². The lowest BCUT2D eigenvalue weighted by Crippen LogP contribution is -2.32. The SMILES string of the molecule is CC1CCC(C(O)c2ccc3c(c2)C(=O)NCC3)CC1. The van der Waals surface area contributed by atoms with E-state index in [2.05, 4.69) is 12.2 Å². The van der Waals surface area contributed by atoms with Gasteiger partial charge in [0.25, 0.3) is 5.91 Å². The summed E-state index contributed by atoms with van der Waals surface area (Å²) in [6.07, 6.45) is 5.04. The first kappa shape index (κ1) is 13.6. The molecular formula is C17H23NO2. The maximum absolute atomic E-state index is 11.9. The van der Waals surface area contributed by atoms with E-state index in [9.17, 15) is 9.90 Å². The summed E-state index contributed by atoms with van der Waals surface area (Å²) in [5, 5.41) is 13.5. The molecule has 3 rings (SSSR count). The summed E-state index contributed by atoms with van der Waals surface area (Å²) in [4.78, 5) is 11.9. The molecule has 20 heavy (non-hydrogen) atoms. The first-order valence-corrected chi connectivity index (χ1v) is 7.74. The fourth-order valence-electron chi connectivity index (χ4n) is 3.49. The van der Waals surface area contributed by atoms with Crippen LogP contribution >= 0.6 is 0 Å². The Morgan fingerprint density at radius 2 is 2.00 bits per heavy atom. The fraction of sp³-hybridized carbons (Fsp3) is 0.588. The average molecular weight is 273 g/mol. The number of carbonyl (C=O) groups is 1. The molecule has 0 spiro atoms. The van der Waals surface area contributed by atoms with Crippen LogP contribution in [0.2, 0.25) is 0 Å². The van der Waals surface area contributed by atoms with Crippen LogP contribution in [0.3, 0.4) is 0 Å². The number of hydrogen-bond acceptors (Lipinski definition) is 2. The monoisotopic (exact) mass is 273 g/mol. The van der Waals surface area contributed by atoms with E-state index >= 15 is 0 Å². The van der Waals surface area contributed by atoms with Crippen LogP contribution in [0.4, 0.5) is 0 Å². The Morgan fingerprint density at radius 3 is 2.75 bits per heavy atom. The predicted molar refractivity (Wildman–Crippen MR) is 78.6 cm³/mol. The lowest BCUT2D eigenvalue weighted by molar-refractivity contribution is 0.0754. The van der Waals surface area contributed by atoms with E-state index in [1.807, 2.05) is 18.2 Å². The largest absolute Gasteiger partial charge is 0.388 e. The van der Waals surface area contributed by atoms with Gasteiger partial charge < -0.3 is 10.4 Å². The van der Waals surface area contributed by atoms with Crippen LogP contribution in [0, 0.1) is 11.8 Å². The van der Waals surface area contributed by atoms with E-state index in [1.54, 1.807) is 0 Å². The van der Waals surface area contributed by atoms with Crippen molar-refractivity contribution in [2.24, 2.45) is 11.8 Å². The van der Waals surface area contributed by atoms with Crippen molar-refractivity contribution < 1.29 is 9.90 Å². The minimum atomic E-state index is -0.428. The average Bonchev–Trinajstić information content (AvgIpc) is 2.47. The lowest BCUT2D eigenvalue weighted by atomic mass is 9.78. The van der Waals surface area contributed by atoms with Gasteiger partial charge in [-0.25, -0.2) is 0 Å². The van der Waals surface area contributed by atoms with Crippen LogP contribution in [0.15, 0.2) is 18.2 Å². The molecule has 0 radical (unpaired) electrons. The molecule has 108 valence electrons. The molecular weight excluding hydrogens is 250 g/mol. The summed E-state index contributed by atoms with van der Waals surface area (Å²) in [5.41, 5.74) is 2.75. The molecule has 0 aromatic heterocycles. The molecule has 1 aliphatic heterocycles. The van der Waals surface area contributed by atoms with Crippen molar-refractivity contribution in [1.82, 2.24) is 5.32 Å². The zero-order valence-electron chi connectivity index (χ0n) is 12.1. The van der Waals surface area contributed by atoms with E-state index in [0.29, 0.717) is 12.5 Å². The molecule has 1 saturated carbocycles. The van der Waals surface area contributed by atoms with Crippen molar-refractivity contribution in [2.45, 2.75) is 45.1 Å². The number of benzene rings is 1. The van der Waals surface area contributed by atoms with Crippen molar-refractivity contribution in [3.8, 4) is 0 Å². The molecule has 1 aromatic carbocycles. The lowest BCUT2D eigenvalue weighted by Gasteiger charge is -2.30. The fourth-order valence-corrected chi connectivity index (χ4v) is 3.49. The minimum Gasteiger partial charge on any atom is -0.388 e. The molecule has 1 aliphatic carbocycles. The zero-order chi connectivity index (χ0) is 14.1. The van der Waals surface area contributed by atoms with E-state index in [0.717, 1.165) is 41.9 Å². The number of amides is 1. The second kappa shape index (κ2) is 5.57. The van der Waals surface area contributed by atoms with Crippen molar-refractivity contribution in [1.29, 1.82) is 0 Å². The summed E-state index contributed by atoms with van der Waals surface area (Å²) in [5.74, 6) is 1.13. The van der Waals surface area contributed by atoms with Gasteiger partial charge in [0, 0.05) is 12.1 Å². The highest BCUT2D eigenvalue weighted by atomic mass is 16.3. The van der Waals surface area contributed by atoms with Crippen LogP contribution in [0.1, 0.15) is 60.2 Å². The van der Waals surface area contributed by atoms with Gasteiger partial charge in [-0.15, -0.1) is 0 Å².